The van der Waals surface area contributed by atoms with Crippen LogP contribution in [0.3, 0.4) is 0 Å². The van der Waals surface area contributed by atoms with E-state index in [0.717, 1.165) is 11.2 Å². The van der Waals surface area contributed by atoms with Crippen LogP contribution in [-0.2, 0) is 0 Å². The number of aromatic nitrogens is 1. The molecule has 1 aromatic heterocycles. The molecule has 1 nitrogen and oxygen atoms in total. The largest absolute Gasteiger partial charge is 0.253 e. The van der Waals surface area contributed by atoms with E-state index in [0.29, 0.717) is 10.9 Å². The van der Waals surface area contributed by atoms with Crippen LogP contribution in [0, 0.1) is 19.7 Å². The third-order valence-corrected chi connectivity index (χ3v) is 2.14. The Morgan fingerprint density at radius 2 is 1.73 bits per heavy atom. The lowest BCUT2D eigenvalue weighted by molar-refractivity contribution is 0.630. The second kappa shape index (κ2) is 4.69. The highest BCUT2D eigenvalue weighted by Crippen LogP contribution is 2.19. The molecule has 0 N–H and O–H groups in total. The van der Waals surface area contributed by atoms with Gasteiger partial charge in [0.25, 0.3) is 0 Å². The summed E-state index contributed by atoms with van der Waals surface area (Å²) >= 11 is 0. The van der Waals surface area contributed by atoms with Crippen molar-refractivity contribution in [2.45, 2.75) is 13.8 Å². The van der Waals surface area contributed by atoms with Gasteiger partial charge in [-0.25, -0.2) is 4.39 Å². The molecule has 0 aliphatic carbocycles. The van der Waals surface area contributed by atoms with Crippen molar-refractivity contribution in [3.63, 3.8) is 0 Å². The maximum Gasteiger partial charge on any atom is 0.135 e. The molecule has 2 aromatic rings. The Bertz CT molecular complexity index is 477. The average Bonchev–Trinajstić information content (AvgIpc) is 2.26. The molecule has 0 fully saturated rings. The number of benzene rings is 1. The lowest BCUT2D eigenvalue weighted by Crippen LogP contribution is -1.88. The van der Waals surface area contributed by atoms with Crippen LogP contribution in [0.25, 0.3) is 10.9 Å². The molecule has 0 amide bonds. The zero-order valence-electron chi connectivity index (χ0n) is 9.05. The number of hydrogen-bond donors (Lipinski definition) is 0. The lowest BCUT2D eigenvalue weighted by atomic mass is 10.1. The fourth-order valence-corrected chi connectivity index (χ4v) is 1.38. The van der Waals surface area contributed by atoms with Gasteiger partial charge in [0.15, 0.2) is 0 Å². The molecule has 0 aliphatic heterocycles. The van der Waals surface area contributed by atoms with Crippen molar-refractivity contribution in [3.05, 3.63) is 54.5 Å². The predicted octanol–water partition coefficient (Wildman–Crippen LogP) is 3.79. The summed E-state index contributed by atoms with van der Waals surface area (Å²) in [6.45, 7) is 9.66. The molecule has 0 atom stereocenters. The molecule has 15 heavy (non-hydrogen) atoms. The SMILES string of the molecule is C=C.Cc1ccc2c(F)c(C)ccc2n1. The number of fused-ring (bicyclic) bond motifs is 1. The van der Waals surface area contributed by atoms with Crippen LogP contribution in [0.5, 0.6) is 0 Å². The molecule has 0 spiro atoms. The van der Waals surface area contributed by atoms with Gasteiger partial charge in [0, 0.05) is 11.1 Å². The fraction of sp³-hybridized carbons (Fsp3) is 0.154. The molecule has 0 bridgehead atoms. The normalized spacial score (nSPS) is 9.53. The number of pyridine rings is 1. The van der Waals surface area contributed by atoms with E-state index in [1.807, 2.05) is 19.1 Å². The smallest absolute Gasteiger partial charge is 0.135 e. The Labute approximate surface area is 89.3 Å². The molecule has 0 saturated carbocycles. The van der Waals surface area contributed by atoms with Crippen molar-refractivity contribution in [1.29, 1.82) is 0 Å². The summed E-state index contributed by atoms with van der Waals surface area (Å²) in [5.74, 6) is -0.162. The fourth-order valence-electron chi connectivity index (χ4n) is 1.38. The molecule has 0 aliphatic rings. The Hall–Kier alpha value is -1.70. The Morgan fingerprint density at radius 1 is 1.07 bits per heavy atom. The van der Waals surface area contributed by atoms with Crippen molar-refractivity contribution < 1.29 is 4.39 Å². The summed E-state index contributed by atoms with van der Waals surface area (Å²) in [5.41, 5.74) is 2.30. The Morgan fingerprint density at radius 3 is 2.40 bits per heavy atom. The summed E-state index contributed by atoms with van der Waals surface area (Å²) in [6, 6.07) is 7.20. The van der Waals surface area contributed by atoms with Gasteiger partial charge in [-0.3, -0.25) is 4.98 Å². The number of rotatable bonds is 0. The second-order valence-corrected chi connectivity index (χ2v) is 3.22. The molecule has 2 rings (SSSR count). The van der Waals surface area contributed by atoms with Gasteiger partial charge < -0.3 is 0 Å². The van der Waals surface area contributed by atoms with Gasteiger partial charge in [-0.15, -0.1) is 13.2 Å². The zero-order chi connectivity index (χ0) is 11.4. The Balaban J connectivity index is 0.000000531. The van der Waals surface area contributed by atoms with Crippen LogP contribution < -0.4 is 0 Å². The minimum absolute atomic E-state index is 0.162. The summed E-state index contributed by atoms with van der Waals surface area (Å²) in [7, 11) is 0. The van der Waals surface area contributed by atoms with E-state index in [1.54, 1.807) is 19.1 Å². The van der Waals surface area contributed by atoms with Crippen LogP contribution in [-0.4, -0.2) is 4.98 Å². The van der Waals surface area contributed by atoms with E-state index in [1.165, 1.54) is 0 Å². The van der Waals surface area contributed by atoms with Gasteiger partial charge in [0.2, 0.25) is 0 Å². The van der Waals surface area contributed by atoms with Gasteiger partial charge in [0.05, 0.1) is 5.52 Å². The van der Waals surface area contributed by atoms with E-state index in [2.05, 4.69) is 18.1 Å². The van der Waals surface area contributed by atoms with Gasteiger partial charge >= 0.3 is 0 Å². The predicted molar refractivity (Wildman–Crippen MR) is 62.4 cm³/mol. The summed E-state index contributed by atoms with van der Waals surface area (Å²) in [5, 5.41) is 0.602. The lowest BCUT2D eigenvalue weighted by Gasteiger charge is -2.02. The maximum atomic E-state index is 13.5. The molecule has 2 heteroatoms. The van der Waals surface area contributed by atoms with Crippen LogP contribution in [0.4, 0.5) is 4.39 Å². The average molecular weight is 203 g/mol. The van der Waals surface area contributed by atoms with E-state index in [9.17, 15) is 4.39 Å². The molecular weight excluding hydrogens is 189 g/mol. The monoisotopic (exact) mass is 203 g/mol. The Kier molecular flexibility index (Phi) is 3.56. The third kappa shape index (κ3) is 2.21. The summed E-state index contributed by atoms with van der Waals surface area (Å²) in [4.78, 5) is 4.24. The number of halogens is 1. The summed E-state index contributed by atoms with van der Waals surface area (Å²) < 4.78 is 13.5. The molecule has 0 unspecified atom stereocenters. The maximum absolute atomic E-state index is 13.5. The van der Waals surface area contributed by atoms with Crippen LogP contribution in [0.2, 0.25) is 0 Å². The number of aryl methyl sites for hydroxylation is 2. The van der Waals surface area contributed by atoms with E-state index >= 15 is 0 Å². The van der Waals surface area contributed by atoms with Gasteiger partial charge in [-0.2, -0.15) is 0 Å². The van der Waals surface area contributed by atoms with Gasteiger partial charge in [0.1, 0.15) is 5.82 Å². The summed E-state index contributed by atoms with van der Waals surface area (Å²) in [6.07, 6.45) is 0. The molecular formula is C13H14FN. The molecule has 1 aromatic carbocycles. The first-order valence-corrected chi connectivity index (χ1v) is 4.71. The second-order valence-electron chi connectivity index (χ2n) is 3.22. The third-order valence-electron chi connectivity index (χ3n) is 2.14. The molecule has 0 radical (unpaired) electrons. The van der Waals surface area contributed by atoms with E-state index in [-0.39, 0.29) is 5.82 Å². The van der Waals surface area contributed by atoms with Crippen LogP contribution in [0.1, 0.15) is 11.3 Å². The van der Waals surface area contributed by atoms with E-state index in [4.69, 9.17) is 0 Å². The molecule has 0 saturated heterocycles. The van der Waals surface area contributed by atoms with Crippen molar-refractivity contribution in [2.75, 3.05) is 0 Å². The van der Waals surface area contributed by atoms with E-state index < -0.39 is 0 Å². The number of nitrogens with zero attached hydrogens (tertiary/aromatic N) is 1. The first kappa shape index (κ1) is 11.4. The van der Waals surface area contributed by atoms with Crippen LogP contribution in [0.15, 0.2) is 37.4 Å². The quantitative estimate of drug-likeness (QED) is 0.593. The minimum atomic E-state index is -0.162. The molecule has 1 heterocycles. The number of hydrogen-bond acceptors (Lipinski definition) is 1. The van der Waals surface area contributed by atoms with Crippen molar-refractivity contribution in [1.82, 2.24) is 4.98 Å². The highest BCUT2D eigenvalue weighted by molar-refractivity contribution is 5.80. The first-order valence-electron chi connectivity index (χ1n) is 4.71. The van der Waals surface area contributed by atoms with Gasteiger partial charge in [-0.1, -0.05) is 6.07 Å². The first-order chi connectivity index (χ1) is 7.18. The van der Waals surface area contributed by atoms with Crippen LogP contribution >= 0.6 is 0 Å². The van der Waals surface area contributed by atoms with Crippen molar-refractivity contribution >= 4 is 10.9 Å². The highest BCUT2D eigenvalue weighted by atomic mass is 19.1. The highest BCUT2D eigenvalue weighted by Gasteiger charge is 2.03. The van der Waals surface area contributed by atoms with Gasteiger partial charge in [-0.05, 0) is 37.6 Å². The van der Waals surface area contributed by atoms with Crippen molar-refractivity contribution in [3.8, 4) is 0 Å². The molecule has 78 valence electrons. The minimum Gasteiger partial charge on any atom is -0.253 e. The zero-order valence-corrected chi connectivity index (χ0v) is 9.05. The topological polar surface area (TPSA) is 12.9 Å². The standard InChI is InChI=1S/C11H10FN.C2H4/c1-7-3-6-10-9(11(7)12)5-4-8(2)13-10;1-2/h3-6H,1-2H3;1-2H2. The van der Waals surface area contributed by atoms with Crippen molar-refractivity contribution in [2.24, 2.45) is 0 Å².